The quantitative estimate of drug-likeness (QED) is 0.716. The second kappa shape index (κ2) is 6.54. The summed E-state index contributed by atoms with van der Waals surface area (Å²) in [6.45, 7) is 5.70. The van der Waals surface area contributed by atoms with E-state index in [1.807, 2.05) is 20.8 Å². The zero-order valence-corrected chi connectivity index (χ0v) is 15.3. The molecular weight excluding hydrogens is 373 g/mol. The van der Waals surface area contributed by atoms with Crippen LogP contribution in [0.3, 0.4) is 0 Å². The van der Waals surface area contributed by atoms with Crippen molar-refractivity contribution in [1.82, 2.24) is 20.0 Å². The first-order valence-electron chi connectivity index (χ1n) is 7.01. The summed E-state index contributed by atoms with van der Waals surface area (Å²) in [5.41, 5.74) is 1.70. The van der Waals surface area contributed by atoms with Crippen LogP contribution >= 0.6 is 34.5 Å². The maximum Gasteiger partial charge on any atom is 0.322 e. The van der Waals surface area contributed by atoms with Crippen molar-refractivity contribution < 1.29 is 9.21 Å². The molecule has 1 amide bonds. The van der Waals surface area contributed by atoms with Crippen LogP contribution in [0.1, 0.15) is 36.1 Å². The molecule has 3 aromatic rings. The van der Waals surface area contributed by atoms with Crippen molar-refractivity contribution >= 4 is 46.5 Å². The van der Waals surface area contributed by atoms with Gasteiger partial charge in [0.1, 0.15) is 10.0 Å². The average molecular weight is 386 g/mol. The number of carbonyl (C=O) groups excluding carboxylic acids is 1. The fourth-order valence-electron chi connectivity index (χ4n) is 2.11. The highest BCUT2D eigenvalue weighted by molar-refractivity contribution is 7.20. The third-order valence-electron chi connectivity index (χ3n) is 3.11. The minimum absolute atomic E-state index is 0.0254. The van der Waals surface area contributed by atoms with Gasteiger partial charge < -0.3 is 4.42 Å². The Labute approximate surface area is 151 Å². The van der Waals surface area contributed by atoms with E-state index in [2.05, 4.69) is 20.6 Å². The predicted octanol–water partition coefficient (Wildman–Crippen LogP) is 4.44. The molecule has 0 fully saturated rings. The number of carbonyl (C=O) groups is 1. The van der Waals surface area contributed by atoms with E-state index >= 15 is 0 Å². The Balaban J connectivity index is 1.82. The molecule has 0 saturated carbocycles. The molecule has 1 N–H and O–H groups in total. The number of hydrogen-bond acceptors (Lipinski definition) is 6. The standard InChI is InChI=1S/C14H13Cl2N5O2S/c1-6(2)21-9(4-7(3)20-21)12(22)17-14-19-18-13(23-14)8-5-10(15)24-11(8)16/h4-6H,1-3H3,(H,17,19,22). The van der Waals surface area contributed by atoms with Crippen molar-refractivity contribution in [2.45, 2.75) is 26.8 Å². The number of thiophene rings is 1. The molecule has 0 saturated heterocycles. The largest absolute Gasteiger partial charge is 0.403 e. The van der Waals surface area contributed by atoms with E-state index in [0.29, 0.717) is 19.9 Å². The van der Waals surface area contributed by atoms with Crippen molar-refractivity contribution in [3.8, 4) is 11.5 Å². The lowest BCUT2D eigenvalue weighted by atomic mass is 10.3. The van der Waals surface area contributed by atoms with E-state index in [4.69, 9.17) is 27.6 Å². The second-order valence-electron chi connectivity index (χ2n) is 5.31. The minimum atomic E-state index is -0.381. The molecule has 3 aromatic heterocycles. The molecule has 3 heterocycles. The Morgan fingerprint density at radius 2 is 2.08 bits per heavy atom. The number of aryl methyl sites for hydroxylation is 1. The Morgan fingerprint density at radius 3 is 2.71 bits per heavy atom. The lowest BCUT2D eigenvalue weighted by Gasteiger charge is -2.09. The zero-order chi connectivity index (χ0) is 17.4. The van der Waals surface area contributed by atoms with Gasteiger partial charge in [-0.05, 0) is 32.9 Å². The van der Waals surface area contributed by atoms with E-state index in [1.165, 1.54) is 11.3 Å². The van der Waals surface area contributed by atoms with Crippen LogP contribution in [0.25, 0.3) is 11.5 Å². The molecule has 0 atom stereocenters. The van der Waals surface area contributed by atoms with E-state index in [1.54, 1.807) is 16.8 Å². The van der Waals surface area contributed by atoms with Crippen molar-refractivity contribution in [2.24, 2.45) is 0 Å². The number of halogens is 2. The number of aromatic nitrogens is 4. The highest BCUT2D eigenvalue weighted by Crippen LogP contribution is 2.37. The highest BCUT2D eigenvalue weighted by Gasteiger charge is 2.20. The van der Waals surface area contributed by atoms with Gasteiger partial charge in [-0.1, -0.05) is 28.3 Å². The van der Waals surface area contributed by atoms with Gasteiger partial charge in [0.05, 0.1) is 15.6 Å². The van der Waals surface area contributed by atoms with Crippen molar-refractivity contribution in [3.05, 3.63) is 32.2 Å². The first-order chi connectivity index (χ1) is 11.3. The van der Waals surface area contributed by atoms with Crippen LogP contribution in [0.4, 0.5) is 6.01 Å². The molecule has 0 aliphatic rings. The molecule has 0 radical (unpaired) electrons. The lowest BCUT2D eigenvalue weighted by molar-refractivity contribution is 0.101. The highest BCUT2D eigenvalue weighted by atomic mass is 35.5. The Morgan fingerprint density at radius 1 is 1.33 bits per heavy atom. The van der Waals surface area contributed by atoms with Crippen LogP contribution in [0.2, 0.25) is 8.67 Å². The van der Waals surface area contributed by atoms with Crippen molar-refractivity contribution in [3.63, 3.8) is 0 Å². The lowest BCUT2D eigenvalue weighted by Crippen LogP contribution is -2.19. The van der Waals surface area contributed by atoms with Crippen LogP contribution < -0.4 is 5.32 Å². The zero-order valence-electron chi connectivity index (χ0n) is 13.0. The van der Waals surface area contributed by atoms with E-state index in [0.717, 1.165) is 5.69 Å². The van der Waals surface area contributed by atoms with Gasteiger partial charge in [0, 0.05) is 6.04 Å². The molecule has 0 aliphatic carbocycles. The molecule has 0 spiro atoms. The summed E-state index contributed by atoms with van der Waals surface area (Å²) in [7, 11) is 0. The first kappa shape index (κ1) is 16.9. The van der Waals surface area contributed by atoms with Gasteiger partial charge in [0.15, 0.2) is 0 Å². The van der Waals surface area contributed by atoms with Crippen LogP contribution in [0, 0.1) is 6.92 Å². The normalized spacial score (nSPS) is 11.2. The molecule has 126 valence electrons. The van der Waals surface area contributed by atoms with Gasteiger partial charge in [-0.25, -0.2) is 0 Å². The van der Waals surface area contributed by atoms with Crippen LogP contribution in [-0.4, -0.2) is 25.9 Å². The fraction of sp³-hybridized carbons (Fsp3) is 0.286. The number of nitrogens with one attached hydrogen (secondary N) is 1. The number of nitrogens with zero attached hydrogens (tertiary/aromatic N) is 4. The Hall–Kier alpha value is -1.90. The molecule has 0 aromatic carbocycles. The molecule has 0 unspecified atom stereocenters. The summed E-state index contributed by atoms with van der Waals surface area (Å²) in [6, 6.07) is 3.35. The van der Waals surface area contributed by atoms with Crippen LogP contribution in [-0.2, 0) is 0 Å². The number of anilines is 1. The third-order valence-corrected chi connectivity index (χ3v) is 4.60. The van der Waals surface area contributed by atoms with Crippen molar-refractivity contribution in [2.75, 3.05) is 5.32 Å². The summed E-state index contributed by atoms with van der Waals surface area (Å²) in [5.74, 6) is -0.194. The molecule has 10 heteroatoms. The van der Waals surface area contributed by atoms with E-state index in [-0.39, 0.29) is 23.9 Å². The van der Waals surface area contributed by atoms with E-state index in [9.17, 15) is 4.79 Å². The molecule has 7 nitrogen and oxygen atoms in total. The molecule has 24 heavy (non-hydrogen) atoms. The first-order valence-corrected chi connectivity index (χ1v) is 8.58. The third kappa shape index (κ3) is 3.31. The Bertz CT molecular complexity index is 899. The summed E-state index contributed by atoms with van der Waals surface area (Å²) in [4.78, 5) is 12.4. The molecule has 3 rings (SSSR count). The predicted molar refractivity (Wildman–Crippen MR) is 92.9 cm³/mol. The smallest absolute Gasteiger partial charge is 0.322 e. The number of amides is 1. The number of rotatable bonds is 4. The molecule has 0 bridgehead atoms. The van der Waals surface area contributed by atoms with Crippen molar-refractivity contribution in [1.29, 1.82) is 0 Å². The Kier molecular flexibility index (Phi) is 4.62. The molecule has 0 aliphatic heterocycles. The van der Waals surface area contributed by atoms with Crippen LogP contribution in [0.15, 0.2) is 16.5 Å². The number of hydrogen-bond donors (Lipinski definition) is 1. The monoisotopic (exact) mass is 385 g/mol. The second-order valence-corrected chi connectivity index (χ2v) is 7.60. The average Bonchev–Trinajstić information content (AvgIpc) is 3.18. The summed E-state index contributed by atoms with van der Waals surface area (Å²) >= 11 is 13.2. The van der Waals surface area contributed by atoms with Gasteiger partial charge in [-0.15, -0.1) is 16.4 Å². The van der Waals surface area contributed by atoms with E-state index < -0.39 is 0 Å². The van der Waals surface area contributed by atoms with Crippen LogP contribution in [0.5, 0.6) is 0 Å². The van der Waals surface area contributed by atoms with Gasteiger partial charge in [0.25, 0.3) is 11.8 Å². The SMILES string of the molecule is Cc1cc(C(=O)Nc2nnc(-c3cc(Cl)sc3Cl)o2)n(C(C)C)n1. The van der Waals surface area contributed by atoms with Gasteiger partial charge >= 0.3 is 6.01 Å². The van der Waals surface area contributed by atoms with Gasteiger partial charge in [-0.2, -0.15) is 5.10 Å². The van der Waals surface area contributed by atoms with Gasteiger partial charge in [-0.3, -0.25) is 14.8 Å². The maximum atomic E-state index is 12.4. The fourth-order valence-corrected chi connectivity index (χ4v) is 3.56. The molecular formula is C14H13Cl2N5O2S. The summed E-state index contributed by atoms with van der Waals surface area (Å²) in [6.07, 6.45) is 0. The van der Waals surface area contributed by atoms with Gasteiger partial charge in [0.2, 0.25) is 0 Å². The maximum absolute atomic E-state index is 12.4. The summed E-state index contributed by atoms with van der Waals surface area (Å²) in [5, 5.41) is 14.6. The summed E-state index contributed by atoms with van der Waals surface area (Å²) < 4.78 is 8.03. The topological polar surface area (TPSA) is 85.8 Å². The minimum Gasteiger partial charge on any atom is -0.403 e.